The van der Waals surface area contributed by atoms with Crippen molar-refractivity contribution in [2.45, 2.75) is 17.2 Å². The Morgan fingerprint density at radius 1 is 1.24 bits per heavy atom. The van der Waals surface area contributed by atoms with Crippen LogP contribution in [0.2, 0.25) is 0 Å². The van der Waals surface area contributed by atoms with Crippen LogP contribution < -0.4 is 0 Å². The molecule has 1 fully saturated rings. The molecule has 0 spiro atoms. The van der Waals surface area contributed by atoms with E-state index >= 15 is 0 Å². The van der Waals surface area contributed by atoms with Gasteiger partial charge in [-0.15, -0.1) is 11.8 Å². The van der Waals surface area contributed by atoms with Gasteiger partial charge in [-0.25, -0.2) is 8.78 Å². The van der Waals surface area contributed by atoms with Crippen LogP contribution in [0.1, 0.15) is 11.5 Å². The summed E-state index contributed by atoms with van der Waals surface area (Å²) in [6.07, 6.45) is -2.30. The second kappa shape index (κ2) is 6.32. The second-order valence-electron chi connectivity index (χ2n) is 5.42. The zero-order chi connectivity index (χ0) is 14.8. The minimum atomic E-state index is -2.30. The Balaban J connectivity index is 1.61. The van der Waals surface area contributed by atoms with Gasteiger partial charge in [0.2, 0.25) is 5.91 Å². The maximum atomic E-state index is 12.6. The molecule has 2 aliphatic heterocycles. The molecule has 2 heterocycles. The van der Waals surface area contributed by atoms with Gasteiger partial charge >= 0.3 is 0 Å². The van der Waals surface area contributed by atoms with Crippen LogP contribution in [-0.4, -0.2) is 60.6 Å². The minimum Gasteiger partial charge on any atom is -0.340 e. The number of amides is 1. The summed E-state index contributed by atoms with van der Waals surface area (Å²) in [4.78, 5) is 17.4. The number of piperazine rings is 1. The Morgan fingerprint density at radius 2 is 1.95 bits per heavy atom. The zero-order valence-corrected chi connectivity index (χ0v) is 12.5. The van der Waals surface area contributed by atoms with E-state index in [2.05, 4.69) is 0 Å². The minimum absolute atomic E-state index is 0.0761. The third kappa shape index (κ3) is 3.21. The van der Waals surface area contributed by atoms with Crippen LogP contribution in [0, 0.1) is 0 Å². The summed E-state index contributed by atoms with van der Waals surface area (Å²) in [5.74, 6) is 0.854. The quantitative estimate of drug-likeness (QED) is 0.855. The molecule has 1 amide bonds. The number of rotatable bonds is 3. The maximum Gasteiger partial charge on any atom is 0.251 e. The van der Waals surface area contributed by atoms with Crippen LogP contribution in [0.25, 0.3) is 0 Å². The molecular weight excluding hydrogens is 294 g/mol. The highest BCUT2D eigenvalue weighted by atomic mass is 32.2. The molecule has 1 aromatic carbocycles. The predicted molar refractivity (Wildman–Crippen MR) is 78.9 cm³/mol. The molecule has 114 valence electrons. The van der Waals surface area contributed by atoms with Crippen molar-refractivity contribution < 1.29 is 13.6 Å². The molecule has 0 aliphatic carbocycles. The first-order chi connectivity index (χ1) is 10.1. The van der Waals surface area contributed by atoms with Crippen LogP contribution >= 0.6 is 11.8 Å². The fourth-order valence-electron chi connectivity index (χ4n) is 2.93. The van der Waals surface area contributed by atoms with Gasteiger partial charge in [0.05, 0.1) is 12.5 Å². The van der Waals surface area contributed by atoms with E-state index in [1.807, 2.05) is 29.2 Å². The van der Waals surface area contributed by atoms with Crippen molar-refractivity contribution in [2.75, 3.05) is 38.5 Å². The van der Waals surface area contributed by atoms with E-state index in [0.29, 0.717) is 26.2 Å². The lowest BCUT2D eigenvalue weighted by molar-refractivity contribution is -0.134. The van der Waals surface area contributed by atoms with Crippen molar-refractivity contribution >= 4 is 17.7 Å². The summed E-state index contributed by atoms with van der Waals surface area (Å²) in [6, 6.07) is 8.02. The molecule has 0 N–H and O–H groups in total. The highest BCUT2D eigenvalue weighted by Crippen LogP contribution is 2.40. The van der Waals surface area contributed by atoms with E-state index in [-0.39, 0.29) is 18.4 Å². The van der Waals surface area contributed by atoms with Gasteiger partial charge in [-0.1, -0.05) is 18.2 Å². The average Bonchev–Trinajstić information content (AvgIpc) is 2.90. The Bertz CT molecular complexity index is 518. The molecule has 1 atom stereocenters. The van der Waals surface area contributed by atoms with E-state index < -0.39 is 6.43 Å². The molecule has 3 rings (SSSR count). The van der Waals surface area contributed by atoms with Crippen LogP contribution in [0.3, 0.4) is 0 Å². The van der Waals surface area contributed by atoms with Crippen molar-refractivity contribution in [1.29, 1.82) is 0 Å². The van der Waals surface area contributed by atoms with Gasteiger partial charge in [-0.2, -0.15) is 0 Å². The van der Waals surface area contributed by atoms with Gasteiger partial charge < -0.3 is 4.90 Å². The van der Waals surface area contributed by atoms with Crippen LogP contribution in [0.5, 0.6) is 0 Å². The molecule has 0 bridgehead atoms. The molecule has 21 heavy (non-hydrogen) atoms. The highest BCUT2D eigenvalue weighted by molar-refractivity contribution is 7.99. The number of thioether (sulfide) groups is 1. The molecule has 1 saturated heterocycles. The first kappa shape index (κ1) is 14.8. The van der Waals surface area contributed by atoms with Crippen LogP contribution in [0.4, 0.5) is 8.78 Å². The third-order valence-electron chi connectivity index (χ3n) is 4.08. The number of hydrogen-bond acceptors (Lipinski definition) is 3. The number of halogens is 2. The van der Waals surface area contributed by atoms with E-state index in [4.69, 9.17) is 0 Å². The predicted octanol–water partition coefficient (Wildman–Crippen LogP) is 2.29. The number of nitrogens with zero attached hydrogens (tertiary/aromatic N) is 2. The summed E-state index contributed by atoms with van der Waals surface area (Å²) in [5.41, 5.74) is 1.11. The fourth-order valence-corrected chi connectivity index (χ4v) is 4.15. The summed E-state index contributed by atoms with van der Waals surface area (Å²) in [6.45, 7) is 1.99. The standard InChI is InChI=1S/C15H18F2N2OS/c16-14(17)9-18-5-7-19(8-6-18)15(20)12-10-21-13-4-2-1-3-11(12)13/h1-4,12,14H,5-10H2/t12-/m0/s1. The van der Waals surface area contributed by atoms with Crippen molar-refractivity contribution in [2.24, 2.45) is 0 Å². The number of benzene rings is 1. The van der Waals surface area contributed by atoms with Crippen LogP contribution in [-0.2, 0) is 4.79 Å². The van der Waals surface area contributed by atoms with Crippen molar-refractivity contribution in [1.82, 2.24) is 9.80 Å². The molecular formula is C15H18F2N2OS. The Kier molecular flexibility index (Phi) is 4.45. The molecule has 1 aromatic rings. The second-order valence-corrected chi connectivity index (χ2v) is 6.48. The van der Waals surface area contributed by atoms with Gasteiger partial charge in [0.25, 0.3) is 6.43 Å². The van der Waals surface area contributed by atoms with Gasteiger partial charge in [-0.05, 0) is 11.6 Å². The van der Waals surface area contributed by atoms with E-state index in [1.165, 1.54) is 4.90 Å². The lowest BCUT2D eigenvalue weighted by Crippen LogP contribution is -2.50. The Hall–Kier alpha value is -1.14. The number of carbonyl (C=O) groups is 1. The van der Waals surface area contributed by atoms with E-state index in [0.717, 1.165) is 11.3 Å². The van der Waals surface area contributed by atoms with Crippen molar-refractivity contribution in [3.05, 3.63) is 29.8 Å². The third-order valence-corrected chi connectivity index (χ3v) is 5.26. The van der Waals surface area contributed by atoms with Crippen LogP contribution in [0.15, 0.2) is 29.2 Å². The summed E-state index contributed by atoms with van der Waals surface area (Å²) in [7, 11) is 0. The molecule has 0 radical (unpaired) electrons. The van der Waals surface area contributed by atoms with Gasteiger partial charge in [0, 0.05) is 36.8 Å². The van der Waals surface area contributed by atoms with Crippen molar-refractivity contribution in [3.8, 4) is 0 Å². The Morgan fingerprint density at radius 3 is 2.67 bits per heavy atom. The summed E-state index contributed by atoms with van der Waals surface area (Å²) >= 11 is 1.72. The molecule has 3 nitrogen and oxygen atoms in total. The monoisotopic (exact) mass is 312 g/mol. The number of hydrogen-bond donors (Lipinski definition) is 0. The normalized spacial score (nSPS) is 22.6. The molecule has 6 heteroatoms. The topological polar surface area (TPSA) is 23.6 Å². The maximum absolute atomic E-state index is 12.6. The summed E-state index contributed by atoms with van der Waals surface area (Å²) in [5, 5.41) is 0. The largest absolute Gasteiger partial charge is 0.340 e. The number of fused-ring (bicyclic) bond motifs is 1. The highest BCUT2D eigenvalue weighted by Gasteiger charge is 2.33. The lowest BCUT2D eigenvalue weighted by Gasteiger charge is -2.35. The van der Waals surface area contributed by atoms with E-state index in [9.17, 15) is 13.6 Å². The first-order valence-corrected chi connectivity index (χ1v) is 8.14. The van der Waals surface area contributed by atoms with Gasteiger partial charge in [0.1, 0.15) is 0 Å². The summed E-state index contributed by atoms with van der Waals surface area (Å²) < 4.78 is 24.7. The SMILES string of the molecule is O=C([C@H]1CSc2ccccc21)N1CCN(CC(F)F)CC1. The molecule has 0 saturated carbocycles. The smallest absolute Gasteiger partial charge is 0.251 e. The average molecular weight is 312 g/mol. The van der Waals surface area contributed by atoms with E-state index in [1.54, 1.807) is 16.7 Å². The molecule has 2 aliphatic rings. The fraction of sp³-hybridized carbons (Fsp3) is 0.533. The van der Waals surface area contributed by atoms with Gasteiger partial charge in [0.15, 0.2) is 0 Å². The first-order valence-electron chi connectivity index (χ1n) is 7.16. The number of alkyl halides is 2. The van der Waals surface area contributed by atoms with Gasteiger partial charge in [-0.3, -0.25) is 9.69 Å². The molecule has 0 unspecified atom stereocenters. The Labute approximate surface area is 127 Å². The lowest BCUT2D eigenvalue weighted by atomic mass is 9.99. The molecule has 0 aromatic heterocycles. The van der Waals surface area contributed by atoms with Crippen molar-refractivity contribution in [3.63, 3.8) is 0 Å². The zero-order valence-electron chi connectivity index (χ0n) is 11.7. The number of carbonyl (C=O) groups excluding carboxylic acids is 1.